The predicted molar refractivity (Wildman–Crippen MR) is 233 cm³/mol. The van der Waals surface area contributed by atoms with Crippen molar-refractivity contribution in [1.29, 1.82) is 0 Å². The van der Waals surface area contributed by atoms with Gasteiger partial charge in [0, 0.05) is 42.1 Å². The molecule has 5 heteroatoms. The van der Waals surface area contributed by atoms with Crippen molar-refractivity contribution in [1.82, 2.24) is 15.0 Å². The van der Waals surface area contributed by atoms with Gasteiger partial charge in [0.1, 0.15) is 11.2 Å². The van der Waals surface area contributed by atoms with Gasteiger partial charge >= 0.3 is 0 Å². The molecular formula is C51H31N3OS. The SMILES string of the molecule is c1ccc(-c2cccc(-c3ccc(-c4ccc5oc6c(-c7nc(-c8ccccc8)nc(-c8ccccc8)n7)cccc6c5c4)c4sc5ccccc5c34)c2)cc1. The average Bonchev–Trinajstić information content (AvgIpc) is 3.86. The lowest BCUT2D eigenvalue weighted by Gasteiger charge is -2.11. The summed E-state index contributed by atoms with van der Waals surface area (Å²) in [6, 6.07) is 65.8. The summed E-state index contributed by atoms with van der Waals surface area (Å²) in [5.41, 5.74) is 11.5. The van der Waals surface area contributed by atoms with Crippen molar-refractivity contribution < 1.29 is 4.42 Å². The first-order valence-corrected chi connectivity index (χ1v) is 19.5. The van der Waals surface area contributed by atoms with Crippen molar-refractivity contribution in [2.75, 3.05) is 0 Å². The number of hydrogen-bond donors (Lipinski definition) is 0. The standard InChI is InChI=1S/C51H31N3OS/c1-4-14-32(15-5-1)35-20-12-21-36(30-35)38-27-28-39(48-46(38)41-22-10-11-25-45(41)56-48)37-26-29-44-43(31-37)40-23-13-24-42(47(40)55-44)51-53-49(33-16-6-2-7-17-33)52-50(54-51)34-18-8-3-9-19-34/h1-31H. The number of para-hydroxylation sites is 1. The van der Waals surface area contributed by atoms with Gasteiger partial charge in [0.15, 0.2) is 17.5 Å². The molecule has 0 fully saturated rings. The molecule has 0 unspecified atom stereocenters. The van der Waals surface area contributed by atoms with Crippen LogP contribution in [0.25, 0.3) is 110 Å². The molecule has 262 valence electrons. The van der Waals surface area contributed by atoms with Crippen LogP contribution in [0.2, 0.25) is 0 Å². The lowest BCUT2D eigenvalue weighted by Crippen LogP contribution is -2.00. The second kappa shape index (κ2) is 13.3. The van der Waals surface area contributed by atoms with Crippen LogP contribution >= 0.6 is 11.3 Å². The van der Waals surface area contributed by atoms with Gasteiger partial charge in [-0.1, -0.05) is 158 Å². The van der Waals surface area contributed by atoms with E-state index in [9.17, 15) is 0 Å². The van der Waals surface area contributed by atoms with Gasteiger partial charge in [-0.3, -0.25) is 0 Å². The summed E-state index contributed by atoms with van der Waals surface area (Å²) < 4.78 is 9.23. The third kappa shape index (κ3) is 5.48. The number of furan rings is 1. The minimum Gasteiger partial charge on any atom is -0.455 e. The smallest absolute Gasteiger partial charge is 0.167 e. The number of fused-ring (bicyclic) bond motifs is 6. The molecule has 11 rings (SSSR count). The van der Waals surface area contributed by atoms with E-state index in [4.69, 9.17) is 19.4 Å². The second-order valence-corrected chi connectivity index (χ2v) is 15.0. The maximum atomic E-state index is 6.68. The molecule has 0 saturated heterocycles. The summed E-state index contributed by atoms with van der Waals surface area (Å²) in [4.78, 5) is 14.9. The van der Waals surface area contributed by atoms with Gasteiger partial charge in [-0.25, -0.2) is 15.0 Å². The average molecular weight is 734 g/mol. The minimum atomic E-state index is 0.571. The van der Waals surface area contributed by atoms with Gasteiger partial charge in [0.25, 0.3) is 0 Å². The molecule has 3 heterocycles. The van der Waals surface area contributed by atoms with Crippen LogP contribution in [0, 0.1) is 0 Å². The van der Waals surface area contributed by atoms with E-state index in [1.54, 1.807) is 0 Å². The second-order valence-electron chi connectivity index (χ2n) is 13.9. The van der Waals surface area contributed by atoms with Crippen molar-refractivity contribution >= 4 is 53.4 Å². The topological polar surface area (TPSA) is 51.8 Å². The van der Waals surface area contributed by atoms with Crippen LogP contribution in [-0.2, 0) is 0 Å². The first kappa shape index (κ1) is 32.2. The van der Waals surface area contributed by atoms with Gasteiger partial charge < -0.3 is 4.42 Å². The molecule has 0 amide bonds. The van der Waals surface area contributed by atoms with E-state index in [1.165, 1.54) is 48.0 Å². The van der Waals surface area contributed by atoms with Crippen molar-refractivity contribution in [3.63, 3.8) is 0 Å². The van der Waals surface area contributed by atoms with Crippen LogP contribution in [0.5, 0.6) is 0 Å². The highest BCUT2D eigenvalue weighted by atomic mass is 32.1. The summed E-state index contributed by atoms with van der Waals surface area (Å²) in [5.74, 6) is 1.81. The maximum absolute atomic E-state index is 6.68. The zero-order chi connectivity index (χ0) is 37.0. The molecule has 11 aromatic rings. The molecule has 56 heavy (non-hydrogen) atoms. The van der Waals surface area contributed by atoms with Crippen LogP contribution in [0.1, 0.15) is 0 Å². The van der Waals surface area contributed by atoms with E-state index >= 15 is 0 Å². The Hall–Kier alpha value is -7.21. The van der Waals surface area contributed by atoms with Crippen LogP contribution in [0.15, 0.2) is 192 Å². The molecule has 0 aliphatic heterocycles. The number of nitrogens with zero attached hydrogens (tertiary/aromatic N) is 3. The molecule has 0 radical (unpaired) electrons. The minimum absolute atomic E-state index is 0.571. The van der Waals surface area contributed by atoms with Crippen molar-refractivity contribution in [2.24, 2.45) is 0 Å². The van der Waals surface area contributed by atoms with Crippen molar-refractivity contribution in [3.8, 4) is 67.5 Å². The Morgan fingerprint density at radius 1 is 0.357 bits per heavy atom. The Morgan fingerprint density at radius 3 is 1.68 bits per heavy atom. The van der Waals surface area contributed by atoms with Gasteiger partial charge in [-0.2, -0.15) is 0 Å². The van der Waals surface area contributed by atoms with Crippen molar-refractivity contribution in [3.05, 3.63) is 188 Å². The Kier molecular flexibility index (Phi) is 7.64. The molecular weight excluding hydrogens is 703 g/mol. The number of hydrogen-bond acceptors (Lipinski definition) is 5. The van der Waals surface area contributed by atoms with Gasteiger partial charge in [-0.05, 0) is 63.7 Å². The Balaban J connectivity index is 1.07. The largest absolute Gasteiger partial charge is 0.455 e. The zero-order valence-corrected chi connectivity index (χ0v) is 30.9. The maximum Gasteiger partial charge on any atom is 0.167 e. The summed E-state index contributed by atoms with van der Waals surface area (Å²) in [6.45, 7) is 0. The lowest BCUT2D eigenvalue weighted by atomic mass is 9.93. The predicted octanol–water partition coefficient (Wildman–Crippen LogP) is 14.1. The highest BCUT2D eigenvalue weighted by Crippen LogP contribution is 2.46. The molecule has 4 nitrogen and oxygen atoms in total. The number of thiophene rings is 1. The number of benzene rings is 8. The number of aromatic nitrogens is 3. The summed E-state index contributed by atoms with van der Waals surface area (Å²) in [5, 5.41) is 4.63. The fraction of sp³-hybridized carbons (Fsp3) is 0. The van der Waals surface area contributed by atoms with E-state index in [0.29, 0.717) is 17.5 Å². The zero-order valence-electron chi connectivity index (χ0n) is 30.1. The highest BCUT2D eigenvalue weighted by molar-refractivity contribution is 7.26. The first-order valence-electron chi connectivity index (χ1n) is 18.7. The van der Waals surface area contributed by atoms with Gasteiger partial charge in [0.05, 0.1) is 5.56 Å². The molecule has 3 aromatic heterocycles. The first-order chi connectivity index (χ1) is 27.7. The van der Waals surface area contributed by atoms with Crippen LogP contribution in [0.3, 0.4) is 0 Å². The van der Waals surface area contributed by atoms with E-state index in [0.717, 1.165) is 44.2 Å². The quantitative estimate of drug-likeness (QED) is 0.171. The lowest BCUT2D eigenvalue weighted by molar-refractivity contribution is 0.669. The third-order valence-corrected chi connectivity index (χ3v) is 11.8. The fourth-order valence-electron chi connectivity index (χ4n) is 7.86. The molecule has 0 N–H and O–H groups in total. The van der Waals surface area contributed by atoms with E-state index in [-0.39, 0.29) is 0 Å². The Labute approximate surface area is 327 Å². The molecule has 0 aliphatic rings. The molecule has 0 atom stereocenters. The van der Waals surface area contributed by atoms with Crippen LogP contribution < -0.4 is 0 Å². The van der Waals surface area contributed by atoms with Crippen LogP contribution in [-0.4, -0.2) is 15.0 Å². The molecule has 0 saturated carbocycles. The van der Waals surface area contributed by atoms with Crippen LogP contribution in [0.4, 0.5) is 0 Å². The Bertz CT molecular complexity index is 3180. The van der Waals surface area contributed by atoms with Gasteiger partial charge in [0.2, 0.25) is 0 Å². The monoisotopic (exact) mass is 733 g/mol. The molecule has 8 aromatic carbocycles. The fourth-order valence-corrected chi connectivity index (χ4v) is 9.13. The summed E-state index contributed by atoms with van der Waals surface area (Å²) >= 11 is 1.86. The molecule has 0 aliphatic carbocycles. The molecule has 0 bridgehead atoms. The Morgan fingerprint density at radius 2 is 0.929 bits per heavy atom. The van der Waals surface area contributed by atoms with E-state index in [2.05, 4.69) is 121 Å². The highest BCUT2D eigenvalue weighted by Gasteiger charge is 2.20. The third-order valence-electron chi connectivity index (χ3n) is 10.6. The van der Waals surface area contributed by atoms with E-state index < -0.39 is 0 Å². The number of rotatable bonds is 6. The van der Waals surface area contributed by atoms with Crippen molar-refractivity contribution in [2.45, 2.75) is 0 Å². The van der Waals surface area contributed by atoms with E-state index in [1.807, 2.05) is 78.1 Å². The summed E-state index contributed by atoms with van der Waals surface area (Å²) in [6.07, 6.45) is 0. The summed E-state index contributed by atoms with van der Waals surface area (Å²) in [7, 11) is 0. The normalized spacial score (nSPS) is 11.6. The molecule has 0 spiro atoms. The van der Waals surface area contributed by atoms with Gasteiger partial charge in [-0.15, -0.1) is 11.3 Å².